The Morgan fingerprint density at radius 2 is 1.47 bits per heavy atom. The van der Waals surface area contributed by atoms with Gasteiger partial charge in [-0.05, 0) is 26.9 Å². The Morgan fingerprint density at radius 3 is 1.80 bits per heavy atom. The molecule has 15 heavy (non-hydrogen) atoms. The topological polar surface area (TPSA) is 3.24 Å². The van der Waals surface area contributed by atoms with Crippen molar-refractivity contribution in [1.82, 2.24) is 4.90 Å². The second kappa shape index (κ2) is 8.37. The van der Waals surface area contributed by atoms with Crippen molar-refractivity contribution < 1.29 is 4.48 Å². The smallest absolute Gasteiger partial charge is 0.0924 e. The van der Waals surface area contributed by atoms with E-state index in [1.165, 1.54) is 30.7 Å². The number of quaternary nitrogens is 1. The molecule has 0 fully saturated rings. The van der Waals surface area contributed by atoms with Crippen LogP contribution in [0.1, 0.15) is 27.7 Å². The van der Waals surface area contributed by atoms with Crippen molar-refractivity contribution in [2.24, 2.45) is 0 Å². The first kappa shape index (κ1) is 15.2. The van der Waals surface area contributed by atoms with Crippen LogP contribution in [0.3, 0.4) is 0 Å². The number of alkyl halides is 1. The number of nitrogens with zero attached hydrogens (tertiary/aromatic N) is 2. The van der Waals surface area contributed by atoms with Crippen LogP contribution in [0, 0.1) is 0 Å². The van der Waals surface area contributed by atoms with Gasteiger partial charge in [0.2, 0.25) is 0 Å². The Morgan fingerprint density at radius 1 is 0.933 bits per heavy atom. The van der Waals surface area contributed by atoms with Gasteiger partial charge in [-0.25, -0.2) is 0 Å². The van der Waals surface area contributed by atoms with Gasteiger partial charge in [0.15, 0.2) is 0 Å². The van der Waals surface area contributed by atoms with Gasteiger partial charge in [-0.15, -0.1) is 11.6 Å². The van der Waals surface area contributed by atoms with Gasteiger partial charge in [-0.3, -0.25) is 4.90 Å². The summed E-state index contributed by atoms with van der Waals surface area (Å²) in [7, 11) is 0. The van der Waals surface area contributed by atoms with Crippen molar-refractivity contribution in [3.63, 3.8) is 0 Å². The molecule has 0 radical (unpaired) electrons. The van der Waals surface area contributed by atoms with Gasteiger partial charge < -0.3 is 4.48 Å². The molecule has 0 rings (SSSR count). The van der Waals surface area contributed by atoms with Crippen LogP contribution in [0.15, 0.2) is 0 Å². The van der Waals surface area contributed by atoms with Crippen molar-refractivity contribution in [3.05, 3.63) is 0 Å². The lowest BCUT2D eigenvalue weighted by Crippen LogP contribution is -2.52. The molecule has 0 aliphatic rings. The van der Waals surface area contributed by atoms with Gasteiger partial charge in [0.25, 0.3) is 0 Å². The second-order valence-corrected chi connectivity index (χ2v) is 4.52. The Kier molecular flexibility index (Phi) is 8.49. The maximum Gasteiger partial charge on any atom is 0.0924 e. The van der Waals surface area contributed by atoms with E-state index in [2.05, 4.69) is 32.6 Å². The molecule has 0 saturated heterocycles. The Hall–Kier alpha value is 0.210. The Labute approximate surface area is 101 Å². The van der Waals surface area contributed by atoms with Crippen molar-refractivity contribution in [3.8, 4) is 0 Å². The van der Waals surface area contributed by atoms with E-state index in [4.69, 9.17) is 11.6 Å². The minimum atomic E-state index is 0.778. The van der Waals surface area contributed by atoms with Crippen LogP contribution >= 0.6 is 11.6 Å². The van der Waals surface area contributed by atoms with Crippen LogP contribution in [0.5, 0.6) is 0 Å². The first-order valence-corrected chi connectivity index (χ1v) is 6.84. The minimum Gasteiger partial charge on any atom is -0.322 e. The first-order chi connectivity index (χ1) is 7.17. The first-order valence-electron chi connectivity index (χ1n) is 6.31. The molecule has 0 heterocycles. The molecule has 0 amide bonds. The summed E-state index contributed by atoms with van der Waals surface area (Å²) >= 11 is 5.90. The van der Waals surface area contributed by atoms with Gasteiger partial charge >= 0.3 is 0 Å². The van der Waals surface area contributed by atoms with Gasteiger partial charge in [0, 0.05) is 6.54 Å². The molecule has 0 aromatic heterocycles. The monoisotopic (exact) mass is 235 g/mol. The maximum absolute atomic E-state index is 5.90. The number of hydrogen-bond acceptors (Lipinski definition) is 1. The average molecular weight is 236 g/mol. The van der Waals surface area contributed by atoms with Gasteiger partial charge in [0.05, 0.1) is 32.1 Å². The molecule has 0 N–H and O–H groups in total. The van der Waals surface area contributed by atoms with E-state index in [0.717, 1.165) is 25.5 Å². The third-order valence-corrected chi connectivity index (χ3v) is 3.85. The average Bonchev–Trinajstić information content (AvgIpc) is 2.29. The third-order valence-electron chi connectivity index (χ3n) is 3.69. The zero-order chi connectivity index (χ0) is 11.7. The predicted octanol–water partition coefficient (Wildman–Crippen LogP) is 2.42. The van der Waals surface area contributed by atoms with E-state index >= 15 is 0 Å². The van der Waals surface area contributed by atoms with Crippen molar-refractivity contribution in [2.75, 3.05) is 51.7 Å². The molecule has 3 heteroatoms. The van der Waals surface area contributed by atoms with E-state index in [0.29, 0.717) is 0 Å². The zero-order valence-electron chi connectivity index (χ0n) is 10.9. The predicted molar refractivity (Wildman–Crippen MR) is 69.6 cm³/mol. The van der Waals surface area contributed by atoms with E-state index in [-0.39, 0.29) is 0 Å². The quantitative estimate of drug-likeness (QED) is 0.438. The number of halogens is 1. The second-order valence-electron chi connectivity index (χ2n) is 4.14. The highest BCUT2D eigenvalue weighted by Gasteiger charge is 2.22. The van der Waals surface area contributed by atoms with Crippen LogP contribution < -0.4 is 0 Å². The number of likely N-dealkylation sites (N-methyl/N-ethyl adjacent to an activating group) is 2. The molecule has 92 valence electrons. The SMILES string of the molecule is CCN(CC)CC[N+](CC)(CC)CCCl. The van der Waals surface area contributed by atoms with Crippen molar-refractivity contribution in [2.45, 2.75) is 27.7 Å². The largest absolute Gasteiger partial charge is 0.322 e. The molecular weight excluding hydrogens is 208 g/mol. The van der Waals surface area contributed by atoms with Crippen LogP contribution in [-0.4, -0.2) is 61.1 Å². The molecular formula is C12H28ClN2+. The lowest BCUT2D eigenvalue weighted by atomic mass is 10.3. The van der Waals surface area contributed by atoms with E-state index in [9.17, 15) is 0 Å². The third kappa shape index (κ3) is 5.19. The molecule has 0 aromatic rings. The summed E-state index contributed by atoms with van der Waals surface area (Å²) in [5.74, 6) is 0.778. The standard InChI is InChI=1S/C12H28ClN2/c1-5-14(6-2)10-12-15(7-3,8-4)11-9-13/h5-12H2,1-4H3/q+1. The molecule has 0 aliphatic carbocycles. The Balaban J connectivity index is 4.15. The molecule has 0 atom stereocenters. The van der Waals surface area contributed by atoms with Crippen LogP contribution in [0.2, 0.25) is 0 Å². The van der Waals surface area contributed by atoms with Gasteiger partial charge in [-0.1, -0.05) is 13.8 Å². The van der Waals surface area contributed by atoms with E-state index in [1.807, 2.05) is 0 Å². The van der Waals surface area contributed by atoms with Gasteiger partial charge in [-0.2, -0.15) is 0 Å². The number of hydrogen-bond donors (Lipinski definition) is 0. The van der Waals surface area contributed by atoms with Crippen LogP contribution in [-0.2, 0) is 0 Å². The van der Waals surface area contributed by atoms with Crippen LogP contribution in [0.4, 0.5) is 0 Å². The molecule has 2 nitrogen and oxygen atoms in total. The summed E-state index contributed by atoms with van der Waals surface area (Å²) in [6, 6.07) is 0. The molecule has 0 aromatic carbocycles. The summed E-state index contributed by atoms with van der Waals surface area (Å²) in [6.45, 7) is 17.3. The maximum atomic E-state index is 5.90. The van der Waals surface area contributed by atoms with E-state index < -0.39 is 0 Å². The fraction of sp³-hybridized carbons (Fsp3) is 1.00. The van der Waals surface area contributed by atoms with Crippen LogP contribution in [0.25, 0.3) is 0 Å². The summed E-state index contributed by atoms with van der Waals surface area (Å²) in [4.78, 5) is 2.49. The fourth-order valence-corrected chi connectivity index (χ4v) is 2.40. The Bertz CT molecular complexity index is 143. The normalized spacial score (nSPS) is 12.4. The van der Waals surface area contributed by atoms with E-state index in [1.54, 1.807) is 0 Å². The summed E-state index contributed by atoms with van der Waals surface area (Å²) < 4.78 is 1.17. The lowest BCUT2D eigenvalue weighted by molar-refractivity contribution is -0.922. The van der Waals surface area contributed by atoms with Crippen molar-refractivity contribution >= 4 is 11.6 Å². The molecule has 0 aliphatic heterocycles. The number of rotatable bonds is 9. The molecule has 0 unspecified atom stereocenters. The summed E-state index contributed by atoms with van der Waals surface area (Å²) in [5, 5.41) is 0. The molecule has 0 saturated carbocycles. The highest BCUT2D eigenvalue weighted by Crippen LogP contribution is 2.07. The molecule has 0 spiro atoms. The summed E-state index contributed by atoms with van der Waals surface area (Å²) in [6.07, 6.45) is 0. The molecule has 0 bridgehead atoms. The zero-order valence-corrected chi connectivity index (χ0v) is 11.7. The lowest BCUT2D eigenvalue weighted by Gasteiger charge is -2.37. The highest BCUT2D eigenvalue weighted by atomic mass is 35.5. The van der Waals surface area contributed by atoms with Gasteiger partial charge in [0.1, 0.15) is 0 Å². The fourth-order valence-electron chi connectivity index (χ4n) is 2.04. The summed E-state index contributed by atoms with van der Waals surface area (Å²) in [5.41, 5.74) is 0. The van der Waals surface area contributed by atoms with Crippen molar-refractivity contribution in [1.29, 1.82) is 0 Å². The highest BCUT2D eigenvalue weighted by molar-refractivity contribution is 6.17. The minimum absolute atomic E-state index is 0.778.